The molecule has 5 aromatic rings. The zero-order valence-corrected chi connectivity index (χ0v) is 32.0. The van der Waals surface area contributed by atoms with E-state index in [1.165, 1.54) is 0 Å². The lowest BCUT2D eigenvalue weighted by molar-refractivity contribution is -0.490. The third-order valence-electron chi connectivity index (χ3n) is 10.5. The van der Waals surface area contributed by atoms with Crippen LogP contribution in [0.3, 0.4) is 0 Å². The lowest BCUT2D eigenvalue weighted by Gasteiger charge is -2.40. The van der Waals surface area contributed by atoms with E-state index in [9.17, 15) is 0 Å². The fourth-order valence-corrected chi connectivity index (χ4v) is 6.78. The number of furan rings is 2. The van der Waals surface area contributed by atoms with E-state index in [1.54, 1.807) is 12.5 Å². The van der Waals surface area contributed by atoms with Crippen molar-refractivity contribution < 1.29 is 37.9 Å². The van der Waals surface area contributed by atoms with Gasteiger partial charge in [-0.3, -0.25) is 9.36 Å². The Labute approximate surface area is 315 Å². The summed E-state index contributed by atoms with van der Waals surface area (Å²) in [4.78, 5) is 22.3. The van der Waals surface area contributed by atoms with Crippen LogP contribution in [-0.2, 0) is 42.1 Å². The lowest BCUT2D eigenvalue weighted by Crippen LogP contribution is -2.46. The Bertz CT molecular complexity index is 1730. The summed E-state index contributed by atoms with van der Waals surface area (Å²) < 4.78 is 27.2. The first-order chi connectivity index (χ1) is 26.0. The molecule has 2 fully saturated rings. The summed E-state index contributed by atoms with van der Waals surface area (Å²) in [5.41, 5.74) is 2.56. The molecule has 0 amide bonds. The van der Waals surface area contributed by atoms with Gasteiger partial charge in [0.15, 0.2) is 11.5 Å². The largest absolute Gasteiger partial charge is 0.464 e. The molecule has 6 atom stereocenters. The molecule has 2 saturated heterocycles. The van der Waals surface area contributed by atoms with E-state index in [4.69, 9.17) is 37.9 Å². The molecular weight excluding hydrogens is 692 g/mol. The van der Waals surface area contributed by atoms with Crippen LogP contribution in [0.15, 0.2) is 82.3 Å². The summed E-state index contributed by atoms with van der Waals surface area (Å²) in [6, 6.07) is 15.5. The molecule has 0 bridgehead atoms. The van der Waals surface area contributed by atoms with Gasteiger partial charge in [-0.15, -0.1) is 10.2 Å². The molecule has 54 heavy (non-hydrogen) atoms. The molecule has 6 heterocycles. The molecule has 14 heteroatoms. The fourth-order valence-electron chi connectivity index (χ4n) is 6.78. The number of rotatable bonds is 16. The topological polar surface area (TPSA) is 143 Å². The average Bonchev–Trinajstić information content (AvgIpc) is 4.00. The minimum absolute atomic E-state index is 0.126. The molecule has 6 unspecified atom stereocenters. The Morgan fingerprint density at radius 1 is 0.611 bits per heavy atom. The monoisotopic (exact) mass is 744 g/mol. The first kappa shape index (κ1) is 38.1. The van der Waals surface area contributed by atoms with Crippen molar-refractivity contribution in [2.24, 2.45) is 11.8 Å². The van der Waals surface area contributed by atoms with Crippen LogP contribution >= 0.6 is 0 Å². The maximum absolute atomic E-state index is 6.22. The van der Waals surface area contributed by atoms with Gasteiger partial charge in [0.1, 0.15) is 22.6 Å². The lowest BCUT2D eigenvalue weighted by atomic mass is 9.92. The fraction of sp³-hybridized carbons (Fsp3) is 0.550. The molecule has 0 spiro atoms. The second-order valence-electron chi connectivity index (χ2n) is 15.8. The number of hydrogen-bond acceptors (Lipinski definition) is 12. The van der Waals surface area contributed by atoms with Gasteiger partial charge in [-0.2, -0.15) is 9.78 Å². The first-order valence-electron chi connectivity index (χ1n) is 19.0. The quantitative estimate of drug-likeness (QED) is 0.0892. The Balaban J connectivity index is 0.840. The van der Waals surface area contributed by atoms with Crippen molar-refractivity contribution in [1.29, 1.82) is 0 Å². The smallest absolute Gasteiger partial charge is 0.250 e. The minimum atomic E-state index is -0.660. The highest BCUT2D eigenvalue weighted by molar-refractivity contribution is 5.65. The van der Waals surface area contributed by atoms with Gasteiger partial charge < -0.3 is 18.3 Å². The van der Waals surface area contributed by atoms with Crippen LogP contribution in [0.5, 0.6) is 0 Å². The third-order valence-corrected chi connectivity index (χ3v) is 10.5. The standard InChI is InChI=1S/C40H52N6O8/c1-27(11-17-35-39(3,4)53-51-37(49-35)33-9-7-23-47-33)19-21-45-25-31(41-43-45)29-13-15-30(16-14-29)32-26-46(44-42-32)22-20-28(2)12-18-36-40(5,6)54-52-38(50-36)34-10-8-24-48-34/h7-10,13-16,23-28,35-38H,11-12,17-22H2,1-6H3. The average molecular weight is 745 g/mol. The van der Waals surface area contributed by atoms with Gasteiger partial charge in [0, 0.05) is 24.2 Å². The van der Waals surface area contributed by atoms with Crippen molar-refractivity contribution in [2.45, 2.75) is 129 Å². The molecule has 2 aliphatic heterocycles. The zero-order chi connectivity index (χ0) is 37.7. The number of aromatic nitrogens is 6. The van der Waals surface area contributed by atoms with Crippen LogP contribution in [0, 0.1) is 11.8 Å². The molecule has 4 aromatic heterocycles. The number of benzene rings is 1. The number of aryl methyl sites for hydroxylation is 2. The Morgan fingerprint density at radius 2 is 1.04 bits per heavy atom. The van der Waals surface area contributed by atoms with Gasteiger partial charge in [-0.1, -0.05) is 48.5 Å². The van der Waals surface area contributed by atoms with E-state index in [0.717, 1.165) is 74.1 Å². The molecule has 7 rings (SSSR count). The molecule has 0 saturated carbocycles. The molecule has 2 aliphatic rings. The highest BCUT2D eigenvalue weighted by atomic mass is 17.2. The van der Waals surface area contributed by atoms with E-state index >= 15 is 0 Å². The summed E-state index contributed by atoms with van der Waals surface area (Å²) in [5.74, 6) is 2.10. The summed E-state index contributed by atoms with van der Waals surface area (Å²) in [6.07, 6.45) is 11.2. The van der Waals surface area contributed by atoms with E-state index in [1.807, 2.05) is 73.7 Å². The van der Waals surface area contributed by atoms with Crippen molar-refractivity contribution >= 4 is 0 Å². The second-order valence-corrected chi connectivity index (χ2v) is 15.8. The van der Waals surface area contributed by atoms with Crippen molar-refractivity contribution in [3.8, 4) is 22.5 Å². The molecule has 14 nitrogen and oxygen atoms in total. The van der Waals surface area contributed by atoms with Crippen LogP contribution in [0.2, 0.25) is 0 Å². The molecular formula is C40H52N6O8. The summed E-state index contributed by atoms with van der Waals surface area (Å²) in [7, 11) is 0. The predicted molar refractivity (Wildman–Crippen MR) is 196 cm³/mol. The number of nitrogens with zero attached hydrogens (tertiary/aromatic N) is 6. The van der Waals surface area contributed by atoms with Crippen LogP contribution in [0.1, 0.15) is 104 Å². The maximum atomic E-state index is 6.22. The van der Waals surface area contributed by atoms with Crippen LogP contribution in [0.25, 0.3) is 22.5 Å². The molecule has 0 N–H and O–H groups in total. The maximum Gasteiger partial charge on any atom is 0.250 e. The SMILES string of the molecule is CC(CCC1OC(c2ccco2)OOC1(C)C)CCn1cc(-c2ccc(-c3cn(CCC(C)CCC4OC(c5ccco5)OOC4(C)C)nn3)cc2)nn1. The molecule has 1 aromatic carbocycles. The second kappa shape index (κ2) is 16.7. The highest BCUT2D eigenvalue weighted by Crippen LogP contribution is 2.38. The summed E-state index contributed by atoms with van der Waals surface area (Å²) in [5, 5.41) is 17.7. The number of hydrogen-bond donors (Lipinski definition) is 0. The normalized spacial score (nSPS) is 23.7. The first-order valence-corrected chi connectivity index (χ1v) is 19.0. The molecule has 290 valence electrons. The van der Waals surface area contributed by atoms with Crippen LogP contribution in [0.4, 0.5) is 0 Å². The van der Waals surface area contributed by atoms with Crippen LogP contribution < -0.4 is 0 Å². The van der Waals surface area contributed by atoms with Gasteiger partial charge in [0.25, 0.3) is 0 Å². The minimum Gasteiger partial charge on any atom is -0.464 e. The van der Waals surface area contributed by atoms with Gasteiger partial charge in [0.05, 0.1) is 37.1 Å². The Hall–Kier alpha value is -4.18. The van der Waals surface area contributed by atoms with Gasteiger partial charge in [0.2, 0.25) is 12.6 Å². The predicted octanol–water partition coefficient (Wildman–Crippen LogP) is 8.65. The van der Waals surface area contributed by atoms with E-state index in [0.29, 0.717) is 23.4 Å². The molecule has 0 aliphatic carbocycles. The van der Waals surface area contributed by atoms with Crippen molar-refractivity contribution in [3.05, 3.63) is 85.0 Å². The number of ether oxygens (including phenoxy) is 2. The van der Waals surface area contributed by atoms with Crippen LogP contribution in [-0.4, -0.2) is 53.4 Å². The summed E-state index contributed by atoms with van der Waals surface area (Å²) >= 11 is 0. The van der Waals surface area contributed by atoms with Crippen molar-refractivity contribution in [1.82, 2.24) is 30.0 Å². The van der Waals surface area contributed by atoms with E-state index < -0.39 is 23.8 Å². The highest BCUT2D eigenvalue weighted by Gasteiger charge is 2.42. The van der Waals surface area contributed by atoms with E-state index in [-0.39, 0.29) is 12.2 Å². The summed E-state index contributed by atoms with van der Waals surface area (Å²) in [6.45, 7) is 14.0. The van der Waals surface area contributed by atoms with E-state index in [2.05, 4.69) is 58.7 Å². The zero-order valence-electron chi connectivity index (χ0n) is 32.0. The van der Waals surface area contributed by atoms with Crippen molar-refractivity contribution in [3.63, 3.8) is 0 Å². The van der Waals surface area contributed by atoms with Gasteiger partial charge in [-0.05, 0) is 102 Å². The Kier molecular flexibility index (Phi) is 11.8. The molecule has 0 radical (unpaired) electrons. The van der Waals surface area contributed by atoms with Gasteiger partial charge >= 0.3 is 0 Å². The van der Waals surface area contributed by atoms with Crippen molar-refractivity contribution in [2.75, 3.05) is 0 Å². The Morgan fingerprint density at radius 3 is 1.43 bits per heavy atom. The van der Waals surface area contributed by atoms with Gasteiger partial charge in [-0.25, -0.2) is 9.78 Å². The third kappa shape index (κ3) is 9.36.